The largest absolute Gasteiger partial charge is 0.573 e. The lowest BCUT2D eigenvalue weighted by atomic mass is 9.86. The van der Waals surface area contributed by atoms with E-state index in [9.17, 15) is 18.0 Å². The van der Waals surface area contributed by atoms with E-state index in [1.54, 1.807) is 6.20 Å². The van der Waals surface area contributed by atoms with Gasteiger partial charge in [0, 0.05) is 38.4 Å². The minimum atomic E-state index is -4.79. The van der Waals surface area contributed by atoms with Crippen LogP contribution in [-0.4, -0.2) is 48.9 Å². The molecule has 1 aromatic carbocycles. The number of rotatable bonds is 7. The van der Waals surface area contributed by atoms with Gasteiger partial charge in [0.25, 0.3) is 5.91 Å². The highest BCUT2D eigenvalue weighted by Crippen LogP contribution is 2.26. The number of amides is 1. The van der Waals surface area contributed by atoms with Gasteiger partial charge in [-0.3, -0.25) is 4.79 Å². The number of benzene rings is 1. The summed E-state index contributed by atoms with van der Waals surface area (Å²) in [5.41, 5.74) is 0.134. The van der Waals surface area contributed by atoms with Crippen molar-refractivity contribution in [3.8, 4) is 5.75 Å². The third kappa shape index (κ3) is 7.01. The number of nitrogens with zero attached hydrogens (tertiary/aromatic N) is 3. The average molecular weight is 437 g/mol. The van der Waals surface area contributed by atoms with Crippen LogP contribution in [0, 0.1) is 5.92 Å². The summed E-state index contributed by atoms with van der Waals surface area (Å²) in [5, 5.41) is 6.19. The smallest absolute Gasteiger partial charge is 0.406 e. The second-order valence-electron chi connectivity index (χ2n) is 7.78. The molecule has 1 aliphatic carbocycles. The monoisotopic (exact) mass is 437 g/mol. The number of ether oxygens (including phenoxy) is 1. The van der Waals surface area contributed by atoms with E-state index >= 15 is 0 Å². The minimum Gasteiger partial charge on any atom is -0.406 e. The van der Waals surface area contributed by atoms with Gasteiger partial charge < -0.3 is 20.3 Å². The molecule has 1 aliphatic rings. The highest BCUT2D eigenvalue weighted by Gasteiger charge is 2.31. The Morgan fingerprint density at radius 3 is 2.61 bits per heavy atom. The van der Waals surface area contributed by atoms with Gasteiger partial charge in [-0.05, 0) is 55.9 Å². The highest BCUT2D eigenvalue weighted by molar-refractivity contribution is 5.94. The molecule has 31 heavy (non-hydrogen) atoms. The minimum absolute atomic E-state index is 0.134. The molecule has 0 radical (unpaired) electrons. The third-order valence-electron chi connectivity index (χ3n) is 5.16. The molecule has 0 bridgehead atoms. The second kappa shape index (κ2) is 9.84. The number of carbonyl (C=O) groups excluding carboxylic acids is 1. The van der Waals surface area contributed by atoms with E-state index in [0.717, 1.165) is 43.6 Å². The Bertz CT molecular complexity index is 883. The van der Waals surface area contributed by atoms with Crippen LogP contribution in [0.25, 0.3) is 0 Å². The molecule has 1 amide bonds. The summed E-state index contributed by atoms with van der Waals surface area (Å²) in [6.07, 6.45) is 0.613. The van der Waals surface area contributed by atoms with Crippen molar-refractivity contribution in [1.29, 1.82) is 0 Å². The number of carbonyl (C=O) groups is 1. The molecule has 1 fully saturated rings. The maximum Gasteiger partial charge on any atom is 0.573 e. The fraction of sp³-hybridized carbons (Fsp3) is 0.476. The third-order valence-corrected chi connectivity index (χ3v) is 5.16. The summed E-state index contributed by atoms with van der Waals surface area (Å²) in [6, 6.07) is 7.18. The quantitative estimate of drug-likeness (QED) is 0.685. The van der Waals surface area contributed by atoms with Crippen LogP contribution in [-0.2, 0) is 0 Å². The van der Waals surface area contributed by atoms with E-state index in [0.29, 0.717) is 18.4 Å². The molecule has 2 aromatic rings. The molecular formula is C21H26F3N5O2. The van der Waals surface area contributed by atoms with Crippen molar-refractivity contribution >= 4 is 17.7 Å². The molecule has 168 valence electrons. The van der Waals surface area contributed by atoms with Crippen molar-refractivity contribution in [2.24, 2.45) is 5.92 Å². The van der Waals surface area contributed by atoms with Gasteiger partial charge in [0.2, 0.25) is 5.95 Å². The SMILES string of the molecule is CN(C)c1ccnc(N[C@H]2CC[C@@H](CNC(=O)c3cccc(OC(F)(F)F)c3)CC2)n1. The lowest BCUT2D eigenvalue weighted by molar-refractivity contribution is -0.274. The molecule has 1 heterocycles. The molecule has 1 saturated carbocycles. The molecule has 2 N–H and O–H groups in total. The van der Waals surface area contributed by atoms with Crippen LogP contribution in [0.1, 0.15) is 36.0 Å². The standard InChI is InChI=1S/C21H26F3N5O2/c1-29(2)18-10-11-25-20(28-18)27-16-8-6-14(7-9-16)13-26-19(30)15-4-3-5-17(12-15)31-21(22,23)24/h3-5,10-12,14,16H,6-9,13H2,1-2H3,(H,26,30)(H,25,27,28)/t14-,16+. The van der Waals surface area contributed by atoms with E-state index in [4.69, 9.17) is 0 Å². The van der Waals surface area contributed by atoms with E-state index in [-0.39, 0.29) is 11.6 Å². The van der Waals surface area contributed by atoms with Crippen molar-refractivity contribution in [3.05, 3.63) is 42.1 Å². The number of halogens is 3. The number of aromatic nitrogens is 2. The summed E-state index contributed by atoms with van der Waals surface area (Å²) in [5.74, 6) is 0.919. The molecule has 10 heteroatoms. The zero-order valence-electron chi connectivity index (χ0n) is 17.4. The molecule has 1 aromatic heterocycles. The van der Waals surface area contributed by atoms with Gasteiger partial charge >= 0.3 is 6.36 Å². The van der Waals surface area contributed by atoms with E-state index in [1.165, 1.54) is 12.1 Å². The van der Waals surface area contributed by atoms with Crippen molar-refractivity contribution < 1.29 is 22.7 Å². The Balaban J connectivity index is 1.45. The molecule has 0 aliphatic heterocycles. The van der Waals surface area contributed by atoms with Crippen LogP contribution in [0.2, 0.25) is 0 Å². The van der Waals surface area contributed by atoms with Gasteiger partial charge in [0.1, 0.15) is 11.6 Å². The lowest BCUT2D eigenvalue weighted by Crippen LogP contribution is -2.34. The van der Waals surface area contributed by atoms with Gasteiger partial charge in [0.05, 0.1) is 0 Å². The van der Waals surface area contributed by atoms with E-state index < -0.39 is 18.0 Å². The van der Waals surface area contributed by atoms with Crippen molar-refractivity contribution in [2.45, 2.75) is 38.1 Å². The molecule has 0 atom stereocenters. The number of hydrogen-bond donors (Lipinski definition) is 2. The molecule has 0 spiro atoms. The normalized spacial score (nSPS) is 18.9. The first-order valence-electron chi connectivity index (χ1n) is 10.1. The molecule has 0 unspecified atom stereocenters. The van der Waals surface area contributed by atoms with Crippen LogP contribution < -0.4 is 20.3 Å². The summed E-state index contributed by atoms with van der Waals surface area (Å²) in [4.78, 5) is 23.0. The predicted molar refractivity (Wildman–Crippen MR) is 111 cm³/mol. The highest BCUT2D eigenvalue weighted by atomic mass is 19.4. The zero-order chi connectivity index (χ0) is 22.4. The molecular weight excluding hydrogens is 411 g/mol. The first kappa shape index (κ1) is 22.6. The maximum atomic E-state index is 12.4. The van der Waals surface area contributed by atoms with Crippen molar-refractivity contribution in [3.63, 3.8) is 0 Å². The maximum absolute atomic E-state index is 12.4. The van der Waals surface area contributed by atoms with E-state index in [1.807, 2.05) is 25.1 Å². The van der Waals surface area contributed by atoms with Crippen molar-refractivity contribution in [2.75, 3.05) is 30.9 Å². The Hall–Kier alpha value is -3.04. The van der Waals surface area contributed by atoms with Crippen molar-refractivity contribution in [1.82, 2.24) is 15.3 Å². The van der Waals surface area contributed by atoms with Crippen LogP contribution in [0.4, 0.5) is 24.9 Å². The zero-order valence-corrected chi connectivity index (χ0v) is 17.4. The lowest BCUT2D eigenvalue weighted by Gasteiger charge is -2.29. The van der Waals surface area contributed by atoms with Crippen LogP contribution in [0.3, 0.4) is 0 Å². The van der Waals surface area contributed by atoms with Gasteiger partial charge in [-0.15, -0.1) is 13.2 Å². The van der Waals surface area contributed by atoms with E-state index in [2.05, 4.69) is 25.3 Å². The first-order chi connectivity index (χ1) is 14.7. The fourth-order valence-corrected chi connectivity index (χ4v) is 3.53. The Labute approximate surface area is 179 Å². The Morgan fingerprint density at radius 2 is 1.94 bits per heavy atom. The molecule has 7 nitrogen and oxygen atoms in total. The topological polar surface area (TPSA) is 79.4 Å². The Morgan fingerprint density at radius 1 is 1.19 bits per heavy atom. The number of hydrogen-bond acceptors (Lipinski definition) is 6. The number of anilines is 2. The van der Waals surface area contributed by atoms with Crippen LogP contribution >= 0.6 is 0 Å². The Kier molecular flexibility index (Phi) is 7.19. The average Bonchev–Trinajstić information content (AvgIpc) is 2.72. The summed E-state index contributed by atoms with van der Waals surface area (Å²) in [6.45, 7) is 0.475. The van der Waals surface area contributed by atoms with Gasteiger partial charge in [-0.2, -0.15) is 4.98 Å². The molecule has 3 rings (SSSR count). The van der Waals surface area contributed by atoms with Crippen LogP contribution in [0.15, 0.2) is 36.5 Å². The predicted octanol–water partition coefficient (Wildman–Crippen LogP) is 3.84. The second-order valence-corrected chi connectivity index (χ2v) is 7.78. The fourth-order valence-electron chi connectivity index (χ4n) is 3.53. The van der Waals surface area contributed by atoms with Gasteiger partial charge in [-0.1, -0.05) is 6.07 Å². The number of nitrogens with one attached hydrogen (secondary N) is 2. The molecule has 0 saturated heterocycles. The first-order valence-corrected chi connectivity index (χ1v) is 10.1. The van der Waals surface area contributed by atoms with Gasteiger partial charge in [-0.25, -0.2) is 4.98 Å². The summed E-state index contributed by atoms with van der Waals surface area (Å²) in [7, 11) is 3.84. The van der Waals surface area contributed by atoms with Crippen LogP contribution in [0.5, 0.6) is 5.75 Å². The summed E-state index contributed by atoms with van der Waals surface area (Å²) < 4.78 is 40.9. The summed E-state index contributed by atoms with van der Waals surface area (Å²) >= 11 is 0. The van der Waals surface area contributed by atoms with Gasteiger partial charge in [0.15, 0.2) is 0 Å². The number of alkyl halides is 3.